The highest BCUT2D eigenvalue weighted by Gasteiger charge is 2.13. The predicted molar refractivity (Wildman–Crippen MR) is 49.8 cm³/mol. The molecule has 1 aromatic rings. The van der Waals surface area contributed by atoms with Crippen LogP contribution in [0.1, 0.15) is 18.0 Å². The first-order valence-corrected chi connectivity index (χ1v) is 4.10. The average molecular weight is 199 g/mol. The van der Waals surface area contributed by atoms with Crippen molar-refractivity contribution in [3.05, 3.63) is 42.0 Å². The molecule has 1 aromatic carbocycles. The average Bonchev–Trinajstić information content (AvgIpc) is 2.11. The maximum atomic E-state index is 13.2. The lowest BCUT2D eigenvalue weighted by Gasteiger charge is -2.11. The number of aromatic hydroxyl groups is 1. The third kappa shape index (κ3) is 2.09. The normalized spacial score (nSPS) is 12.5. The largest absolute Gasteiger partial charge is 0.505 e. The van der Waals surface area contributed by atoms with Crippen LogP contribution in [-0.4, -0.2) is 5.11 Å². The minimum Gasteiger partial charge on any atom is -0.505 e. The Kier molecular flexibility index (Phi) is 3.19. The summed E-state index contributed by atoms with van der Waals surface area (Å²) in [6, 6.07) is 0.981. The number of phenols is 1. The van der Waals surface area contributed by atoms with Crippen LogP contribution in [0.4, 0.5) is 8.78 Å². The lowest BCUT2D eigenvalue weighted by molar-refractivity contribution is 0.423. The summed E-state index contributed by atoms with van der Waals surface area (Å²) in [5.41, 5.74) is 5.61. The van der Waals surface area contributed by atoms with E-state index in [0.29, 0.717) is 12.5 Å². The summed E-state index contributed by atoms with van der Waals surface area (Å²) in [5, 5.41) is 8.86. The van der Waals surface area contributed by atoms with Crippen molar-refractivity contribution in [2.45, 2.75) is 12.5 Å². The molecule has 14 heavy (non-hydrogen) atoms. The van der Waals surface area contributed by atoms with Crippen molar-refractivity contribution in [1.29, 1.82) is 0 Å². The molecular weight excluding hydrogens is 188 g/mol. The summed E-state index contributed by atoms with van der Waals surface area (Å²) in [6.45, 7) is 3.45. The van der Waals surface area contributed by atoms with Crippen LogP contribution in [0.5, 0.6) is 5.75 Å². The topological polar surface area (TPSA) is 46.2 Å². The van der Waals surface area contributed by atoms with Crippen LogP contribution >= 0.6 is 0 Å². The molecule has 1 rings (SSSR count). The summed E-state index contributed by atoms with van der Waals surface area (Å²) in [5.74, 6) is -2.30. The fraction of sp³-hybridized carbons (Fsp3) is 0.200. The third-order valence-electron chi connectivity index (χ3n) is 1.89. The fourth-order valence-corrected chi connectivity index (χ4v) is 1.14. The first-order chi connectivity index (χ1) is 6.56. The lowest BCUT2D eigenvalue weighted by atomic mass is 10.0. The van der Waals surface area contributed by atoms with Gasteiger partial charge in [-0.25, -0.2) is 8.78 Å². The second kappa shape index (κ2) is 4.19. The van der Waals surface area contributed by atoms with Crippen LogP contribution in [0.3, 0.4) is 0 Å². The van der Waals surface area contributed by atoms with Gasteiger partial charge in [0.1, 0.15) is 5.82 Å². The van der Waals surface area contributed by atoms with E-state index in [0.717, 1.165) is 6.07 Å². The third-order valence-corrected chi connectivity index (χ3v) is 1.89. The Hall–Kier alpha value is -1.42. The Morgan fingerprint density at radius 3 is 2.64 bits per heavy atom. The molecule has 0 heterocycles. The highest BCUT2D eigenvalue weighted by molar-refractivity contribution is 5.31. The highest BCUT2D eigenvalue weighted by Crippen LogP contribution is 2.24. The van der Waals surface area contributed by atoms with Crippen LogP contribution in [0.2, 0.25) is 0 Å². The van der Waals surface area contributed by atoms with E-state index in [1.54, 1.807) is 0 Å². The number of hydrogen-bond acceptors (Lipinski definition) is 2. The standard InChI is InChI=1S/C10H11F2NO/c1-2-3-9(13)6-4-8(12)10(14)5-7(6)11/h2,4-5,9,14H,1,3,13H2/t9-/m1/s1. The molecule has 3 N–H and O–H groups in total. The number of phenolic OH excluding ortho intramolecular Hbond substituents is 1. The SMILES string of the molecule is C=CC[C@@H](N)c1cc(F)c(O)cc1F. The summed E-state index contributed by atoms with van der Waals surface area (Å²) < 4.78 is 26.0. The molecule has 0 radical (unpaired) electrons. The molecule has 0 unspecified atom stereocenters. The molecule has 2 nitrogen and oxygen atoms in total. The number of halogens is 2. The molecule has 0 aliphatic rings. The van der Waals surface area contributed by atoms with E-state index < -0.39 is 23.4 Å². The van der Waals surface area contributed by atoms with E-state index in [-0.39, 0.29) is 5.56 Å². The number of rotatable bonds is 3. The first-order valence-electron chi connectivity index (χ1n) is 4.10. The molecule has 0 fully saturated rings. The Labute approximate surface area is 80.7 Å². The highest BCUT2D eigenvalue weighted by atomic mass is 19.1. The van der Waals surface area contributed by atoms with E-state index in [1.165, 1.54) is 6.08 Å². The number of hydrogen-bond donors (Lipinski definition) is 2. The van der Waals surface area contributed by atoms with Gasteiger partial charge in [-0.15, -0.1) is 6.58 Å². The number of nitrogens with two attached hydrogens (primary N) is 1. The van der Waals surface area contributed by atoms with Crippen LogP contribution in [0, 0.1) is 11.6 Å². The van der Waals surface area contributed by atoms with Gasteiger partial charge >= 0.3 is 0 Å². The molecule has 0 spiro atoms. The van der Waals surface area contributed by atoms with Gasteiger partial charge in [0.2, 0.25) is 0 Å². The molecule has 0 saturated carbocycles. The second-order valence-corrected chi connectivity index (χ2v) is 2.96. The lowest BCUT2D eigenvalue weighted by Crippen LogP contribution is -2.11. The maximum absolute atomic E-state index is 13.2. The molecule has 0 bridgehead atoms. The molecule has 0 amide bonds. The molecule has 76 valence electrons. The van der Waals surface area contributed by atoms with Gasteiger partial charge in [0.05, 0.1) is 0 Å². The van der Waals surface area contributed by atoms with Crippen molar-refractivity contribution in [2.24, 2.45) is 5.73 Å². The van der Waals surface area contributed by atoms with Crippen molar-refractivity contribution in [3.63, 3.8) is 0 Å². The van der Waals surface area contributed by atoms with E-state index in [2.05, 4.69) is 6.58 Å². The summed E-state index contributed by atoms with van der Waals surface area (Å²) in [4.78, 5) is 0. The van der Waals surface area contributed by atoms with Crippen molar-refractivity contribution < 1.29 is 13.9 Å². The van der Waals surface area contributed by atoms with Crippen molar-refractivity contribution in [2.75, 3.05) is 0 Å². The van der Waals surface area contributed by atoms with E-state index >= 15 is 0 Å². The molecule has 0 saturated heterocycles. The zero-order chi connectivity index (χ0) is 10.7. The van der Waals surface area contributed by atoms with Gasteiger partial charge in [-0.1, -0.05) is 6.08 Å². The van der Waals surface area contributed by atoms with Gasteiger partial charge in [0, 0.05) is 17.7 Å². The minimum atomic E-state index is -0.874. The van der Waals surface area contributed by atoms with Crippen molar-refractivity contribution >= 4 is 0 Å². The Morgan fingerprint density at radius 2 is 2.07 bits per heavy atom. The van der Waals surface area contributed by atoms with E-state index in [4.69, 9.17) is 10.8 Å². The smallest absolute Gasteiger partial charge is 0.165 e. The van der Waals surface area contributed by atoms with Gasteiger partial charge in [0.15, 0.2) is 11.6 Å². The molecule has 1 atom stereocenters. The van der Waals surface area contributed by atoms with Crippen LogP contribution < -0.4 is 5.73 Å². The zero-order valence-electron chi connectivity index (χ0n) is 7.50. The Bertz CT molecular complexity index is 352. The maximum Gasteiger partial charge on any atom is 0.165 e. The van der Waals surface area contributed by atoms with Gasteiger partial charge < -0.3 is 10.8 Å². The van der Waals surface area contributed by atoms with Crippen molar-refractivity contribution in [3.8, 4) is 5.75 Å². The molecule has 4 heteroatoms. The minimum absolute atomic E-state index is 0.0419. The summed E-state index contributed by atoms with van der Waals surface area (Å²) in [6.07, 6.45) is 1.87. The number of benzene rings is 1. The van der Waals surface area contributed by atoms with Gasteiger partial charge in [-0.2, -0.15) is 0 Å². The monoisotopic (exact) mass is 199 g/mol. The van der Waals surface area contributed by atoms with E-state index in [1.807, 2.05) is 0 Å². The fourth-order valence-electron chi connectivity index (χ4n) is 1.14. The molecule has 0 aliphatic heterocycles. The molecule has 0 aromatic heterocycles. The second-order valence-electron chi connectivity index (χ2n) is 2.96. The molecule has 0 aliphatic carbocycles. The Balaban J connectivity index is 3.08. The summed E-state index contributed by atoms with van der Waals surface area (Å²) >= 11 is 0. The van der Waals surface area contributed by atoms with Crippen LogP contribution in [-0.2, 0) is 0 Å². The Morgan fingerprint density at radius 1 is 1.43 bits per heavy atom. The van der Waals surface area contributed by atoms with Crippen LogP contribution in [0.15, 0.2) is 24.8 Å². The molecular formula is C10H11F2NO. The predicted octanol–water partition coefficient (Wildman–Crippen LogP) is 2.25. The quantitative estimate of drug-likeness (QED) is 0.733. The van der Waals surface area contributed by atoms with Crippen LogP contribution in [0.25, 0.3) is 0 Å². The van der Waals surface area contributed by atoms with Gasteiger partial charge in [-0.05, 0) is 12.5 Å². The van der Waals surface area contributed by atoms with Crippen molar-refractivity contribution in [1.82, 2.24) is 0 Å². The summed E-state index contributed by atoms with van der Waals surface area (Å²) in [7, 11) is 0. The zero-order valence-corrected chi connectivity index (χ0v) is 7.50. The van der Waals surface area contributed by atoms with Gasteiger partial charge in [-0.3, -0.25) is 0 Å². The van der Waals surface area contributed by atoms with E-state index in [9.17, 15) is 8.78 Å². The first kappa shape index (κ1) is 10.7. The van der Waals surface area contributed by atoms with Gasteiger partial charge in [0.25, 0.3) is 0 Å².